The molecule has 0 atom stereocenters. The third kappa shape index (κ3) is 5.70. The van der Waals surface area contributed by atoms with Crippen LogP contribution in [-0.2, 0) is 11.2 Å². The number of methoxy groups -OCH3 is 1. The highest BCUT2D eigenvalue weighted by Crippen LogP contribution is 2.18. The Bertz CT molecular complexity index is 801. The molecule has 2 rings (SSSR count). The van der Waals surface area contributed by atoms with Gasteiger partial charge in [-0.05, 0) is 37.5 Å². The minimum absolute atomic E-state index is 0.0276. The molecule has 0 saturated carbocycles. The van der Waals surface area contributed by atoms with Crippen molar-refractivity contribution < 1.29 is 14.5 Å². The maximum Gasteiger partial charge on any atom is 0.272 e. The lowest BCUT2D eigenvalue weighted by Crippen LogP contribution is -2.17. The first kappa shape index (κ1) is 19.1. The van der Waals surface area contributed by atoms with Gasteiger partial charge in [-0.3, -0.25) is 14.9 Å². The van der Waals surface area contributed by atoms with Crippen LogP contribution < -0.4 is 10.2 Å². The Morgan fingerprint density at radius 3 is 2.65 bits per heavy atom. The van der Waals surface area contributed by atoms with E-state index in [4.69, 9.17) is 4.74 Å². The molecule has 0 bridgehead atoms. The number of hydrogen-bond donors (Lipinski definition) is 1. The van der Waals surface area contributed by atoms with E-state index in [1.54, 1.807) is 26.2 Å². The average Bonchev–Trinajstić information content (AvgIpc) is 2.63. The molecule has 0 aliphatic rings. The van der Waals surface area contributed by atoms with Crippen molar-refractivity contribution in [2.45, 2.75) is 26.2 Å². The van der Waals surface area contributed by atoms with Crippen LogP contribution in [-0.4, -0.2) is 24.2 Å². The molecule has 0 saturated heterocycles. The van der Waals surface area contributed by atoms with Crippen LogP contribution in [0.2, 0.25) is 0 Å². The first-order valence-electron chi connectivity index (χ1n) is 8.19. The molecule has 0 aromatic heterocycles. The standard InChI is InChI=1S/C19H21N3O4/c1-14-6-7-16(12-18(14)22(24)25)13-20-21-19(23)5-3-4-15-8-10-17(26-2)11-9-15/h6-13H,3-5H2,1-2H3,(H,21,23)/b20-13+. The highest BCUT2D eigenvalue weighted by atomic mass is 16.6. The molecule has 0 radical (unpaired) electrons. The van der Waals surface area contributed by atoms with Gasteiger partial charge in [0.05, 0.1) is 18.2 Å². The number of nitrogens with one attached hydrogen (secondary N) is 1. The van der Waals surface area contributed by atoms with Crippen molar-refractivity contribution in [3.63, 3.8) is 0 Å². The number of hydrazone groups is 1. The monoisotopic (exact) mass is 355 g/mol. The molecule has 0 aliphatic heterocycles. The summed E-state index contributed by atoms with van der Waals surface area (Å²) in [6.45, 7) is 1.67. The van der Waals surface area contributed by atoms with Crippen LogP contribution in [0.15, 0.2) is 47.6 Å². The third-order valence-corrected chi connectivity index (χ3v) is 3.86. The second kappa shape index (κ2) is 9.31. The van der Waals surface area contributed by atoms with Crippen LogP contribution in [0.1, 0.15) is 29.5 Å². The summed E-state index contributed by atoms with van der Waals surface area (Å²) >= 11 is 0. The van der Waals surface area contributed by atoms with Gasteiger partial charge in [-0.1, -0.05) is 24.3 Å². The largest absolute Gasteiger partial charge is 0.497 e. The Balaban J connectivity index is 1.78. The fraction of sp³-hybridized carbons (Fsp3) is 0.263. The topological polar surface area (TPSA) is 93.8 Å². The van der Waals surface area contributed by atoms with Crippen molar-refractivity contribution in [3.05, 3.63) is 69.3 Å². The summed E-state index contributed by atoms with van der Waals surface area (Å²) in [4.78, 5) is 22.3. The summed E-state index contributed by atoms with van der Waals surface area (Å²) in [5.41, 5.74) is 4.74. The molecule has 2 aromatic rings. The molecule has 2 aromatic carbocycles. The molecule has 26 heavy (non-hydrogen) atoms. The average molecular weight is 355 g/mol. The summed E-state index contributed by atoms with van der Waals surface area (Å²) in [5, 5.41) is 14.8. The molecule has 0 spiro atoms. The van der Waals surface area contributed by atoms with Crippen LogP contribution in [0.25, 0.3) is 0 Å². The van der Waals surface area contributed by atoms with Crippen LogP contribution in [0.3, 0.4) is 0 Å². The smallest absolute Gasteiger partial charge is 0.272 e. The summed E-state index contributed by atoms with van der Waals surface area (Å²) in [5.74, 6) is 0.605. The first-order chi connectivity index (χ1) is 12.5. The lowest BCUT2D eigenvalue weighted by atomic mass is 10.1. The molecule has 7 heteroatoms. The van der Waals surface area contributed by atoms with Crippen molar-refractivity contribution in [2.75, 3.05) is 7.11 Å². The van der Waals surface area contributed by atoms with E-state index in [1.165, 1.54) is 12.3 Å². The maximum absolute atomic E-state index is 11.8. The number of carbonyl (C=O) groups excluding carboxylic acids is 1. The van der Waals surface area contributed by atoms with Gasteiger partial charge in [-0.15, -0.1) is 0 Å². The molecule has 136 valence electrons. The van der Waals surface area contributed by atoms with E-state index >= 15 is 0 Å². The fourth-order valence-corrected chi connectivity index (χ4v) is 2.38. The predicted molar refractivity (Wildman–Crippen MR) is 99.5 cm³/mol. The molecular formula is C19H21N3O4. The number of ether oxygens (including phenoxy) is 1. The number of nitro groups is 1. The zero-order valence-electron chi connectivity index (χ0n) is 14.8. The number of benzene rings is 2. The van der Waals surface area contributed by atoms with Gasteiger partial charge >= 0.3 is 0 Å². The molecule has 0 heterocycles. The lowest BCUT2D eigenvalue weighted by molar-refractivity contribution is -0.385. The zero-order valence-corrected chi connectivity index (χ0v) is 14.8. The van der Waals surface area contributed by atoms with Crippen molar-refractivity contribution in [1.82, 2.24) is 5.43 Å². The number of carbonyl (C=O) groups is 1. The van der Waals surface area contributed by atoms with E-state index in [1.807, 2.05) is 24.3 Å². The summed E-state index contributed by atoms with van der Waals surface area (Å²) < 4.78 is 5.10. The molecule has 0 fully saturated rings. The van der Waals surface area contributed by atoms with Gasteiger partial charge in [0, 0.05) is 23.6 Å². The Kier molecular flexibility index (Phi) is 6.84. The summed E-state index contributed by atoms with van der Waals surface area (Å²) in [6.07, 6.45) is 3.22. The van der Waals surface area contributed by atoms with Crippen LogP contribution in [0.5, 0.6) is 5.75 Å². The molecule has 7 nitrogen and oxygen atoms in total. The summed E-state index contributed by atoms with van der Waals surface area (Å²) in [6, 6.07) is 12.5. The first-order valence-corrected chi connectivity index (χ1v) is 8.19. The zero-order chi connectivity index (χ0) is 18.9. The number of rotatable bonds is 8. The second-order valence-electron chi connectivity index (χ2n) is 5.80. The SMILES string of the molecule is COc1ccc(CCCC(=O)N/N=C/c2ccc(C)c([N+](=O)[O-])c2)cc1. The van der Waals surface area contributed by atoms with E-state index < -0.39 is 4.92 Å². The Hall–Kier alpha value is -3.22. The normalized spacial score (nSPS) is 10.7. The van der Waals surface area contributed by atoms with Crippen molar-refractivity contribution in [3.8, 4) is 5.75 Å². The van der Waals surface area contributed by atoms with Crippen LogP contribution in [0.4, 0.5) is 5.69 Å². The van der Waals surface area contributed by atoms with Crippen LogP contribution >= 0.6 is 0 Å². The predicted octanol–water partition coefficient (Wildman–Crippen LogP) is 3.38. The number of aryl methyl sites for hydroxylation is 2. The number of nitro benzene ring substituents is 1. The van der Waals surface area contributed by atoms with E-state index in [2.05, 4.69) is 10.5 Å². The Morgan fingerprint density at radius 1 is 1.27 bits per heavy atom. The number of amides is 1. The highest BCUT2D eigenvalue weighted by molar-refractivity contribution is 5.83. The molecule has 0 unspecified atom stereocenters. The van der Waals surface area contributed by atoms with Gasteiger partial charge in [0.15, 0.2) is 0 Å². The lowest BCUT2D eigenvalue weighted by Gasteiger charge is -2.03. The minimum atomic E-state index is -0.440. The molecule has 0 aliphatic carbocycles. The van der Waals surface area contributed by atoms with Crippen molar-refractivity contribution >= 4 is 17.8 Å². The third-order valence-electron chi connectivity index (χ3n) is 3.86. The van der Waals surface area contributed by atoms with E-state index in [0.29, 0.717) is 24.0 Å². The molecule has 1 N–H and O–H groups in total. The number of nitrogens with zero attached hydrogens (tertiary/aromatic N) is 2. The van der Waals surface area contributed by atoms with Gasteiger partial charge in [0.25, 0.3) is 5.69 Å². The van der Waals surface area contributed by atoms with E-state index in [0.717, 1.165) is 17.7 Å². The second-order valence-corrected chi connectivity index (χ2v) is 5.80. The molecule has 1 amide bonds. The van der Waals surface area contributed by atoms with Gasteiger partial charge < -0.3 is 4.74 Å². The van der Waals surface area contributed by atoms with Crippen molar-refractivity contribution in [1.29, 1.82) is 0 Å². The highest BCUT2D eigenvalue weighted by Gasteiger charge is 2.10. The van der Waals surface area contributed by atoms with Gasteiger partial charge in [0.2, 0.25) is 5.91 Å². The Morgan fingerprint density at radius 2 is 2.00 bits per heavy atom. The minimum Gasteiger partial charge on any atom is -0.497 e. The van der Waals surface area contributed by atoms with Gasteiger partial charge in [-0.2, -0.15) is 5.10 Å². The summed E-state index contributed by atoms with van der Waals surface area (Å²) in [7, 11) is 1.62. The quantitative estimate of drug-likeness (QED) is 0.446. The van der Waals surface area contributed by atoms with Gasteiger partial charge in [-0.25, -0.2) is 5.43 Å². The number of hydrogen-bond acceptors (Lipinski definition) is 5. The van der Waals surface area contributed by atoms with Crippen LogP contribution in [0, 0.1) is 17.0 Å². The van der Waals surface area contributed by atoms with Crippen molar-refractivity contribution in [2.24, 2.45) is 5.10 Å². The van der Waals surface area contributed by atoms with E-state index in [9.17, 15) is 14.9 Å². The Labute approximate surface area is 151 Å². The molecular weight excluding hydrogens is 334 g/mol. The fourth-order valence-electron chi connectivity index (χ4n) is 2.38. The maximum atomic E-state index is 11.8. The van der Waals surface area contributed by atoms with Gasteiger partial charge in [0.1, 0.15) is 5.75 Å². The van der Waals surface area contributed by atoms with E-state index in [-0.39, 0.29) is 11.6 Å².